The molecular formula is C23H30N2O6. The van der Waals surface area contributed by atoms with Gasteiger partial charge in [0.2, 0.25) is 0 Å². The molecule has 0 aromatic heterocycles. The summed E-state index contributed by atoms with van der Waals surface area (Å²) in [5, 5.41) is 24.2. The largest absolute Gasteiger partial charge is 0.480 e. The monoisotopic (exact) mass is 430 g/mol. The number of rotatable bonds is 10. The van der Waals surface area contributed by atoms with Gasteiger partial charge in [-0.2, -0.15) is 0 Å². The zero-order chi connectivity index (χ0) is 23.0. The lowest BCUT2D eigenvalue weighted by Crippen LogP contribution is -2.52. The number of carbonyl (C=O) groups excluding carboxylic acids is 2. The van der Waals surface area contributed by atoms with Crippen LogP contribution in [0.5, 0.6) is 0 Å². The van der Waals surface area contributed by atoms with Crippen molar-refractivity contribution in [1.29, 1.82) is 0 Å². The molecule has 2 aromatic rings. The molecule has 0 bridgehead atoms. The van der Waals surface area contributed by atoms with E-state index in [1.54, 1.807) is 6.92 Å². The highest BCUT2D eigenvalue weighted by atomic mass is 16.5. The fourth-order valence-electron chi connectivity index (χ4n) is 3.33. The number of fused-ring (bicyclic) bond motifs is 1. The quantitative estimate of drug-likeness (QED) is 0.499. The Morgan fingerprint density at radius 2 is 1.74 bits per heavy atom. The van der Waals surface area contributed by atoms with Gasteiger partial charge in [-0.05, 0) is 29.2 Å². The van der Waals surface area contributed by atoms with Crippen molar-refractivity contribution in [2.75, 3.05) is 19.7 Å². The first kappa shape index (κ1) is 24.1. The number of hydrogen-bond acceptors (Lipinski definition) is 5. The Morgan fingerprint density at radius 3 is 2.39 bits per heavy atom. The van der Waals surface area contributed by atoms with E-state index in [9.17, 15) is 24.6 Å². The normalized spacial score (nSPS) is 12.9. The Bertz CT molecular complexity index is 909. The maximum atomic E-state index is 12.9. The third-order valence-electron chi connectivity index (χ3n) is 4.72. The summed E-state index contributed by atoms with van der Waals surface area (Å²) in [5.74, 6) is -1.95. The predicted octanol–water partition coefficient (Wildman–Crippen LogP) is 2.43. The molecule has 1 unspecified atom stereocenters. The number of nitrogens with one attached hydrogen (secondary N) is 1. The summed E-state index contributed by atoms with van der Waals surface area (Å²) in [6.45, 7) is 5.43. The van der Waals surface area contributed by atoms with E-state index in [0.717, 1.165) is 16.3 Å². The number of aliphatic hydroxyl groups is 1. The van der Waals surface area contributed by atoms with Crippen LogP contribution < -0.4 is 5.32 Å². The van der Waals surface area contributed by atoms with Crippen molar-refractivity contribution in [3.63, 3.8) is 0 Å². The van der Waals surface area contributed by atoms with Gasteiger partial charge in [0.05, 0.1) is 13.2 Å². The number of esters is 1. The first-order valence-electron chi connectivity index (χ1n) is 10.3. The summed E-state index contributed by atoms with van der Waals surface area (Å²) in [6, 6.07) is 11.4. The second-order valence-corrected chi connectivity index (χ2v) is 7.75. The van der Waals surface area contributed by atoms with Crippen LogP contribution in [0, 0.1) is 5.92 Å². The van der Waals surface area contributed by atoms with Crippen LogP contribution in [-0.4, -0.2) is 64.9 Å². The van der Waals surface area contributed by atoms with Crippen LogP contribution in [0.15, 0.2) is 42.5 Å². The Kier molecular flexibility index (Phi) is 8.81. The maximum Gasteiger partial charge on any atom is 0.336 e. The summed E-state index contributed by atoms with van der Waals surface area (Å²) in [6.07, 6.45) is -1.41. The molecule has 0 saturated carbocycles. The summed E-state index contributed by atoms with van der Waals surface area (Å²) >= 11 is 0. The zero-order valence-electron chi connectivity index (χ0n) is 18.1. The Balaban J connectivity index is 2.17. The number of carboxylic acids is 1. The predicted molar refractivity (Wildman–Crippen MR) is 117 cm³/mol. The standard InChI is InChI=1S/C23H30N2O6/c1-4-31-22(29)20(26)14-25(13-15(2)3)23(30)24-19(21(27)28)12-17-10-7-9-16-8-5-6-11-18(16)17/h5-11,15,19-20,26H,4,12-14H2,1-3H3,(H,24,30)(H,27,28)/t19-,20?/m0/s1. The molecule has 0 aliphatic rings. The van der Waals surface area contributed by atoms with Gasteiger partial charge in [-0.1, -0.05) is 56.3 Å². The molecule has 2 rings (SSSR count). The molecule has 3 N–H and O–H groups in total. The molecule has 0 radical (unpaired) electrons. The summed E-state index contributed by atoms with van der Waals surface area (Å²) < 4.78 is 4.79. The van der Waals surface area contributed by atoms with Crippen molar-refractivity contribution in [3.8, 4) is 0 Å². The van der Waals surface area contributed by atoms with E-state index in [4.69, 9.17) is 4.74 Å². The number of benzene rings is 2. The fourth-order valence-corrected chi connectivity index (χ4v) is 3.33. The Morgan fingerprint density at radius 1 is 1.06 bits per heavy atom. The molecule has 0 spiro atoms. The number of nitrogens with zero attached hydrogens (tertiary/aromatic N) is 1. The van der Waals surface area contributed by atoms with Gasteiger partial charge in [-0.3, -0.25) is 0 Å². The molecule has 2 amide bonds. The first-order chi connectivity index (χ1) is 14.7. The number of carboxylic acid groups (broad SMARTS) is 1. The van der Waals surface area contributed by atoms with Crippen molar-refractivity contribution in [2.45, 2.75) is 39.3 Å². The van der Waals surface area contributed by atoms with Gasteiger partial charge in [-0.15, -0.1) is 0 Å². The highest BCUT2D eigenvalue weighted by Gasteiger charge is 2.28. The highest BCUT2D eigenvalue weighted by molar-refractivity contribution is 5.88. The van der Waals surface area contributed by atoms with Gasteiger partial charge in [0.15, 0.2) is 6.10 Å². The van der Waals surface area contributed by atoms with Gasteiger partial charge in [-0.25, -0.2) is 14.4 Å². The zero-order valence-corrected chi connectivity index (χ0v) is 18.1. The average molecular weight is 431 g/mol. The van der Waals surface area contributed by atoms with Gasteiger partial charge in [0.1, 0.15) is 6.04 Å². The number of amides is 2. The van der Waals surface area contributed by atoms with Crippen molar-refractivity contribution >= 4 is 28.7 Å². The van der Waals surface area contributed by atoms with Gasteiger partial charge in [0.25, 0.3) is 0 Å². The second-order valence-electron chi connectivity index (χ2n) is 7.75. The smallest absolute Gasteiger partial charge is 0.336 e. The van der Waals surface area contributed by atoms with Crippen LogP contribution in [0.25, 0.3) is 10.8 Å². The van der Waals surface area contributed by atoms with Crippen molar-refractivity contribution in [2.24, 2.45) is 5.92 Å². The number of urea groups is 1. The van der Waals surface area contributed by atoms with E-state index in [2.05, 4.69) is 5.32 Å². The first-order valence-corrected chi connectivity index (χ1v) is 10.3. The van der Waals surface area contributed by atoms with E-state index in [0.29, 0.717) is 0 Å². The van der Waals surface area contributed by atoms with Crippen LogP contribution >= 0.6 is 0 Å². The van der Waals surface area contributed by atoms with E-state index < -0.39 is 30.1 Å². The number of hydrogen-bond donors (Lipinski definition) is 3. The molecule has 2 aromatic carbocycles. The average Bonchev–Trinajstić information content (AvgIpc) is 2.72. The van der Waals surface area contributed by atoms with E-state index in [1.165, 1.54) is 4.90 Å². The van der Waals surface area contributed by atoms with Crippen molar-refractivity contribution in [3.05, 3.63) is 48.0 Å². The molecule has 0 heterocycles. The lowest BCUT2D eigenvalue weighted by Gasteiger charge is -2.28. The van der Waals surface area contributed by atoms with Crippen LogP contribution in [0.3, 0.4) is 0 Å². The van der Waals surface area contributed by atoms with Crippen LogP contribution in [0.4, 0.5) is 4.79 Å². The molecule has 0 aliphatic carbocycles. The highest BCUT2D eigenvalue weighted by Crippen LogP contribution is 2.20. The Labute approximate surface area is 181 Å². The third kappa shape index (κ3) is 6.96. The molecule has 168 valence electrons. The molecule has 31 heavy (non-hydrogen) atoms. The molecule has 0 aliphatic heterocycles. The van der Waals surface area contributed by atoms with Gasteiger partial charge in [0, 0.05) is 13.0 Å². The van der Waals surface area contributed by atoms with E-state index >= 15 is 0 Å². The molecule has 2 atom stereocenters. The topological polar surface area (TPSA) is 116 Å². The van der Waals surface area contributed by atoms with Crippen LogP contribution in [-0.2, 0) is 20.7 Å². The number of carbonyl (C=O) groups is 3. The summed E-state index contributed by atoms with van der Waals surface area (Å²) in [5.41, 5.74) is 0.799. The van der Waals surface area contributed by atoms with E-state index in [-0.39, 0.29) is 32.0 Å². The lowest BCUT2D eigenvalue weighted by atomic mass is 9.99. The van der Waals surface area contributed by atoms with E-state index in [1.807, 2.05) is 56.3 Å². The minimum absolute atomic E-state index is 0.0430. The maximum absolute atomic E-state index is 12.9. The van der Waals surface area contributed by atoms with Gasteiger partial charge >= 0.3 is 18.0 Å². The number of aliphatic hydroxyl groups excluding tert-OH is 1. The molecule has 0 saturated heterocycles. The SMILES string of the molecule is CCOC(=O)C(O)CN(CC(C)C)C(=O)N[C@@H](Cc1cccc2ccccc12)C(=O)O. The molecule has 0 fully saturated rings. The van der Waals surface area contributed by atoms with Crippen LogP contribution in [0.1, 0.15) is 26.3 Å². The number of aliphatic carboxylic acids is 1. The van der Waals surface area contributed by atoms with Crippen LogP contribution in [0.2, 0.25) is 0 Å². The summed E-state index contributed by atoms with van der Waals surface area (Å²) in [4.78, 5) is 37.7. The molecular weight excluding hydrogens is 400 g/mol. The lowest BCUT2D eigenvalue weighted by molar-refractivity contribution is -0.153. The van der Waals surface area contributed by atoms with Gasteiger partial charge < -0.3 is 25.2 Å². The fraction of sp³-hybridized carbons (Fsp3) is 0.435. The molecule has 8 nitrogen and oxygen atoms in total. The Hall–Kier alpha value is -3.13. The third-order valence-corrected chi connectivity index (χ3v) is 4.72. The molecule has 8 heteroatoms. The minimum Gasteiger partial charge on any atom is -0.480 e. The number of ether oxygens (including phenoxy) is 1. The van der Waals surface area contributed by atoms with Crippen molar-refractivity contribution in [1.82, 2.24) is 10.2 Å². The second kappa shape index (κ2) is 11.3. The minimum atomic E-state index is -1.51. The summed E-state index contributed by atoms with van der Waals surface area (Å²) in [7, 11) is 0. The van der Waals surface area contributed by atoms with Crippen molar-refractivity contribution < 1.29 is 29.3 Å².